The molecule has 30 heavy (non-hydrogen) atoms. The van der Waals surface area contributed by atoms with Crippen LogP contribution in [-0.2, 0) is 11.3 Å². The van der Waals surface area contributed by atoms with Gasteiger partial charge in [-0.05, 0) is 17.0 Å². The Bertz CT molecular complexity index is 1210. The average molecular weight is 412 g/mol. The lowest BCUT2D eigenvalue weighted by atomic mass is 10.0. The number of fused-ring (bicyclic) bond motifs is 1. The third kappa shape index (κ3) is 3.90. The second-order valence-corrected chi connectivity index (χ2v) is 7.39. The quantitative estimate of drug-likeness (QED) is 0.507. The molecule has 0 saturated heterocycles. The van der Waals surface area contributed by atoms with Crippen LogP contribution in [0.4, 0.5) is 0 Å². The molecule has 0 saturated carbocycles. The summed E-state index contributed by atoms with van der Waals surface area (Å²) in [5.74, 6) is -0.477. The molecule has 2 aromatic carbocycles. The molecule has 0 bridgehead atoms. The van der Waals surface area contributed by atoms with E-state index in [0.29, 0.717) is 28.4 Å². The minimum absolute atomic E-state index is 0.0984. The van der Waals surface area contributed by atoms with E-state index in [9.17, 15) is 14.9 Å². The van der Waals surface area contributed by atoms with Gasteiger partial charge in [0.15, 0.2) is 0 Å². The highest BCUT2D eigenvalue weighted by Crippen LogP contribution is 2.30. The first-order chi connectivity index (χ1) is 14.7. The Morgan fingerprint density at radius 3 is 2.40 bits per heavy atom. The minimum atomic E-state index is -0.513. The van der Waals surface area contributed by atoms with Crippen LogP contribution in [0.1, 0.15) is 26.4 Å². The fraction of sp³-hybridized carbons (Fsp3) is 0.0435. The van der Waals surface area contributed by atoms with Gasteiger partial charge in [-0.25, -0.2) is 4.99 Å². The number of benzene rings is 2. The summed E-state index contributed by atoms with van der Waals surface area (Å²) in [6, 6.07) is 22.1. The molecule has 4 rings (SSSR count). The lowest BCUT2D eigenvalue weighted by Crippen LogP contribution is -2.29. The van der Waals surface area contributed by atoms with Gasteiger partial charge in [0.2, 0.25) is 0 Å². The van der Waals surface area contributed by atoms with Crippen molar-refractivity contribution in [2.45, 2.75) is 6.54 Å². The average Bonchev–Trinajstić information content (AvgIpc) is 3.43. The van der Waals surface area contributed by atoms with Crippen molar-refractivity contribution in [1.82, 2.24) is 10.6 Å². The van der Waals surface area contributed by atoms with Crippen LogP contribution in [0.2, 0.25) is 0 Å². The van der Waals surface area contributed by atoms with E-state index in [1.165, 1.54) is 11.3 Å². The molecular formula is C23H16N4O2S. The zero-order valence-corrected chi connectivity index (χ0v) is 16.6. The molecule has 0 radical (unpaired) electrons. The van der Waals surface area contributed by atoms with Crippen molar-refractivity contribution in [3.8, 4) is 6.07 Å². The highest BCUT2D eigenvalue weighted by molar-refractivity contribution is 7.12. The summed E-state index contributed by atoms with van der Waals surface area (Å²) >= 11 is 1.32. The molecule has 3 aromatic rings. The topological polar surface area (TPSA) is 94.3 Å². The summed E-state index contributed by atoms with van der Waals surface area (Å²) in [5.41, 5.74) is 2.37. The molecule has 1 aromatic heterocycles. The van der Waals surface area contributed by atoms with Gasteiger partial charge in [-0.15, -0.1) is 11.3 Å². The van der Waals surface area contributed by atoms with Crippen LogP contribution in [0.5, 0.6) is 0 Å². The van der Waals surface area contributed by atoms with Gasteiger partial charge in [-0.3, -0.25) is 9.59 Å². The van der Waals surface area contributed by atoms with E-state index >= 15 is 0 Å². The molecule has 2 N–H and O–H groups in total. The molecule has 2 amide bonds. The van der Waals surface area contributed by atoms with E-state index < -0.39 is 5.91 Å². The number of amidine groups is 1. The summed E-state index contributed by atoms with van der Waals surface area (Å²) in [6.07, 6.45) is 0. The van der Waals surface area contributed by atoms with Gasteiger partial charge in [0.25, 0.3) is 11.8 Å². The molecule has 0 unspecified atom stereocenters. The van der Waals surface area contributed by atoms with Crippen LogP contribution in [0.15, 0.2) is 82.7 Å². The number of carbonyl (C=O) groups excluding carboxylic acids is 2. The molecular weight excluding hydrogens is 396 g/mol. The number of nitrogens with zero attached hydrogens (tertiary/aromatic N) is 2. The number of nitrogens with one attached hydrogen (secondary N) is 2. The van der Waals surface area contributed by atoms with E-state index in [-0.39, 0.29) is 17.2 Å². The van der Waals surface area contributed by atoms with Crippen LogP contribution in [-0.4, -0.2) is 17.6 Å². The van der Waals surface area contributed by atoms with Gasteiger partial charge in [-0.2, -0.15) is 5.26 Å². The van der Waals surface area contributed by atoms with Crippen molar-refractivity contribution >= 4 is 34.7 Å². The molecule has 6 nitrogen and oxygen atoms in total. The zero-order chi connectivity index (χ0) is 20.9. The first kappa shape index (κ1) is 19.3. The van der Waals surface area contributed by atoms with Crippen LogP contribution in [0, 0.1) is 11.3 Å². The van der Waals surface area contributed by atoms with E-state index in [2.05, 4.69) is 15.6 Å². The third-order valence-corrected chi connectivity index (χ3v) is 5.38. The van der Waals surface area contributed by atoms with Crippen molar-refractivity contribution < 1.29 is 9.59 Å². The zero-order valence-electron chi connectivity index (χ0n) is 15.8. The summed E-state index contributed by atoms with van der Waals surface area (Å²) in [6.45, 7) is 0.297. The van der Waals surface area contributed by atoms with Gasteiger partial charge in [-0.1, -0.05) is 60.7 Å². The standard InChI is InChI=1S/C23H16N4O2S/c24-13-18(22(28)25-14-15-7-2-1-3-8-15)20-16-9-4-5-10-17(16)21(26-20)27-23(29)19-11-6-12-30-19/h1-12H,14H2,(H,25,28)(H,26,27,29)/b20-18+. The molecule has 1 aliphatic rings. The molecule has 7 heteroatoms. The highest BCUT2D eigenvalue weighted by atomic mass is 32.1. The maximum absolute atomic E-state index is 12.7. The van der Waals surface area contributed by atoms with Gasteiger partial charge >= 0.3 is 0 Å². The van der Waals surface area contributed by atoms with Crippen molar-refractivity contribution in [2.75, 3.05) is 0 Å². The normalized spacial score (nSPS) is 13.6. The summed E-state index contributed by atoms with van der Waals surface area (Å²) in [5, 5.41) is 17.0. The Hall–Kier alpha value is -4.02. The van der Waals surface area contributed by atoms with Gasteiger partial charge < -0.3 is 10.6 Å². The largest absolute Gasteiger partial charge is 0.347 e. The number of amides is 2. The Balaban J connectivity index is 1.64. The van der Waals surface area contributed by atoms with Crippen molar-refractivity contribution in [1.29, 1.82) is 5.26 Å². The smallest absolute Gasteiger partial charge is 0.266 e. The Morgan fingerprint density at radius 1 is 0.967 bits per heavy atom. The van der Waals surface area contributed by atoms with Crippen LogP contribution < -0.4 is 10.6 Å². The van der Waals surface area contributed by atoms with E-state index in [4.69, 9.17) is 0 Å². The molecule has 146 valence electrons. The number of nitriles is 1. The number of hydrogen-bond acceptors (Lipinski definition) is 5. The number of thiophene rings is 1. The lowest BCUT2D eigenvalue weighted by Gasteiger charge is -2.06. The Labute approximate surface area is 177 Å². The summed E-state index contributed by atoms with van der Waals surface area (Å²) in [7, 11) is 0. The van der Waals surface area contributed by atoms with Crippen molar-refractivity contribution in [2.24, 2.45) is 4.99 Å². The maximum Gasteiger partial charge on any atom is 0.266 e. The monoisotopic (exact) mass is 412 g/mol. The second-order valence-electron chi connectivity index (χ2n) is 6.44. The maximum atomic E-state index is 12.7. The highest BCUT2D eigenvalue weighted by Gasteiger charge is 2.27. The summed E-state index contributed by atoms with van der Waals surface area (Å²) < 4.78 is 0. The molecule has 2 heterocycles. The van der Waals surface area contributed by atoms with Gasteiger partial charge in [0.05, 0.1) is 10.6 Å². The molecule has 0 spiro atoms. The molecule has 0 fully saturated rings. The minimum Gasteiger partial charge on any atom is -0.347 e. The predicted octanol–water partition coefficient (Wildman–Crippen LogP) is 3.49. The number of hydrogen-bond donors (Lipinski definition) is 2. The van der Waals surface area contributed by atoms with Crippen molar-refractivity contribution in [3.05, 3.63) is 99.3 Å². The molecule has 0 aliphatic carbocycles. The van der Waals surface area contributed by atoms with Crippen LogP contribution in [0.25, 0.3) is 5.70 Å². The lowest BCUT2D eigenvalue weighted by molar-refractivity contribution is -0.117. The first-order valence-corrected chi connectivity index (χ1v) is 10.0. The van der Waals surface area contributed by atoms with E-state index in [1.807, 2.05) is 47.8 Å². The molecule has 1 aliphatic heterocycles. The fourth-order valence-corrected chi connectivity index (χ4v) is 3.69. The van der Waals surface area contributed by atoms with Crippen LogP contribution >= 0.6 is 11.3 Å². The first-order valence-electron chi connectivity index (χ1n) is 9.17. The number of rotatable bonds is 4. The summed E-state index contributed by atoms with van der Waals surface area (Å²) in [4.78, 5) is 30.2. The number of carbonyl (C=O) groups is 2. The van der Waals surface area contributed by atoms with E-state index in [1.54, 1.807) is 30.3 Å². The third-order valence-electron chi connectivity index (χ3n) is 4.51. The van der Waals surface area contributed by atoms with Crippen molar-refractivity contribution in [3.63, 3.8) is 0 Å². The van der Waals surface area contributed by atoms with E-state index in [0.717, 1.165) is 5.56 Å². The van der Waals surface area contributed by atoms with Gasteiger partial charge in [0.1, 0.15) is 17.5 Å². The number of aliphatic imine (C=N–C) groups is 1. The molecule has 0 atom stereocenters. The van der Waals surface area contributed by atoms with Crippen LogP contribution in [0.3, 0.4) is 0 Å². The second kappa shape index (κ2) is 8.55. The van der Waals surface area contributed by atoms with Gasteiger partial charge in [0, 0.05) is 17.7 Å². The SMILES string of the molecule is N#C/C(C(=O)NCc1ccccc1)=C1\N=C(NC(=O)c2cccs2)c2ccccc21. The Kier molecular flexibility index (Phi) is 5.50. The Morgan fingerprint density at radius 2 is 1.70 bits per heavy atom. The predicted molar refractivity (Wildman–Crippen MR) is 116 cm³/mol. The fourth-order valence-electron chi connectivity index (χ4n) is 3.07.